The molecule has 0 fully saturated rings. The Kier molecular flexibility index (Phi) is 5.57. The molecule has 0 aliphatic rings. The third kappa shape index (κ3) is 4.19. The minimum Gasteiger partial charge on any atom is -0.375 e. The second-order valence-electron chi connectivity index (χ2n) is 5.70. The molecule has 5 heteroatoms. The van der Waals surface area contributed by atoms with E-state index in [4.69, 9.17) is 4.74 Å². The maximum atomic E-state index is 12.5. The second kappa shape index (κ2) is 7.25. The molecular weight excluding hydrogens is 310 g/mol. The number of aryl methyl sites for hydroxylation is 3. The molecule has 0 heterocycles. The summed E-state index contributed by atoms with van der Waals surface area (Å²) in [5.41, 5.74) is 3.84. The number of rotatable bonds is 6. The van der Waals surface area contributed by atoms with Crippen LogP contribution < -0.4 is 4.72 Å². The lowest BCUT2D eigenvalue weighted by molar-refractivity contribution is 0.107. The molecule has 124 valence electrons. The quantitative estimate of drug-likeness (QED) is 0.882. The number of hydrogen-bond donors (Lipinski definition) is 1. The molecule has 4 nitrogen and oxygen atoms in total. The van der Waals surface area contributed by atoms with Crippen molar-refractivity contribution < 1.29 is 13.2 Å². The molecule has 1 N–H and O–H groups in total. The average Bonchev–Trinajstić information content (AvgIpc) is 2.49. The molecule has 0 aliphatic heterocycles. The fourth-order valence-electron chi connectivity index (χ4n) is 2.63. The first-order valence-electron chi connectivity index (χ1n) is 7.50. The van der Waals surface area contributed by atoms with E-state index in [0.717, 1.165) is 22.3 Å². The van der Waals surface area contributed by atoms with Crippen molar-refractivity contribution in [2.45, 2.75) is 31.8 Å². The fourth-order valence-corrected chi connectivity index (χ4v) is 3.89. The number of nitrogens with one attached hydrogen (secondary N) is 1. The van der Waals surface area contributed by atoms with Crippen LogP contribution in [-0.2, 0) is 14.8 Å². The molecule has 23 heavy (non-hydrogen) atoms. The summed E-state index contributed by atoms with van der Waals surface area (Å²) in [6.07, 6.45) is -0.322. The zero-order chi connectivity index (χ0) is 17.0. The Hall–Kier alpha value is -1.69. The summed E-state index contributed by atoms with van der Waals surface area (Å²) < 4.78 is 33.2. The van der Waals surface area contributed by atoms with Gasteiger partial charge in [0.25, 0.3) is 0 Å². The molecule has 0 aromatic heterocycles. The van der Waals surface area contributed by atoms with Gasteiger partial charge in [-0.1, -0.05) is 42.0 Å². The van der Waals surface area contributed by atoms with Crippen LogP contribution in [0.1, 0.15) is 28.4 Å². The fraction of sp³-hybridized carbons (Fsp3) is 0.333. The SMILES string of the molecule is CO[C@@H](CNS(=O)(=O)c1ccc(C)cc1C)c1ccccc1C. The maximum Gasteiger partial charge on any atom is 0.240 e. The lowest BCUT2D eigenvalue weighted by Crippen LogP contribution is -2.30. The van der Waals surface area contributed by atoms with Crippen LogP contribution in [0.25, 0.3) is 0 Å². The van der Waals surface area contributed by atoms with Crippen molar-refractivity contribution in [3.63, 3.8) is 0 Å². The number of hydrogen-bond acceptors (Lipinski definition) is 3. The topological polar surface area (TPSA) is 55.4 Å². The molecule has 0 spiro atoms. The van der Waals surface area contributed by atoms with Crippen LogP contribution >= 0.6 is 0 Å². The molecule has 0 saturated heterocycles. The standard InChI is InChI=1S/C18H23NO3S/c1-13-9-10-18(15(3)11-13)23(20,21)19-12-17(22-4)16-8-6-5-7-14(16)2/h5-11,17,19H,12H2,1-4H3/t17-/m0/s1. The predicted molar refractivity (Wildman–Crippen MR) is 92.0 cm³/mol. The van der Waals surface area contributed by atoms with Gasteiger partial charge in [-0.15, -0.1) is 0 Å². The smallest absolute Gasteiger partial charge is 0.240 e. The number of sulfonamides is 1. The molecule has 0 saturated carbocycles. The minimum atomic E-state index is -3.56. The molecule has 0 amide bonds. The van der Waals surface area contributed by atoms with Gasteiger partial charge in [0.05, 0.1) is 11.0 Å². The Balaban J connectivity index is 2.19. The van der Waals surface area contributed by atoms with E-state index in [9.17, 15) is 8.42 Å². The Labute approximate surface area is 138 Å². The zero-order valence-corrected chi connectivity index (χ0v) is 14.8. The van der Waals surface area contributed by atoms with E-state index >= 15 is 0 Å². The third-order valence-corrected chi connectivity index (χ3v) is 5.48. The van der Waals surface area contributed by atoms with Crippen LogP contribution in [0.4, 0.5) is 0 Å². The average molecular weight is 333 g/mol. The van der Waals surface area contributed by atoms with Gasteiger partial charge >= 0.3 is 0 Å². The van der Waals surface area contributed by atoms with E-state index in [1.165, 1.54) is 0 Å². The number of benzene rings is 2. The van der Waals surface area contributed by atoms with Gasteiger partial charge in [-0.05, 0) is 43.5 Å². The van der Waals surface area contributed by atoms with Crippen molar-refractivity contribution in [2.24, 2.45) is 0 Å². The predicted octanol–water partition coefficient (Wildman–Crippen LogP) is 3.28. The summed E-state index contributed by atoms with van der Waals surface area (Å²) in [5, 5.41) is 0. The highest BCUT2D eigenvalue weighted by Crippen LogP contribution is 2.21. The lowest BCUT2D eigenvalue weighted by atomic mass is 10.0. The number of methoxy groups -OCH3 is 1. The molecule has 1 atom stereocenters. The van der Waals surface area contributed by atoms with Gasteiger partial charge in [-0.25, -0.2) is 13.1 Å². The first-order valence-corrected chi connectivity index (χ1v) is 8.98. The van der Waals surface area contributed by atoms with Crippen LogP contribution in [0.5, 0.6) is 0 Å². The zero-order valence-electron chi connectivity index (χ0n) is 14.0. The van der Waals surface area contributed by atoms with Crippen molar-refractivity contribution in [1.29, 1.82) is 0 Å². The molecule has 0 aliphatic carbocycles. The van der Waals surface area contributed by atoms with Crippen LogP contribution in [0.15, 0.2) is 47.4 Å². The van der Waals surface area contributed by atoms with Crippen LogP contribution in [0, 0.1) is 20.8 Å². The van der Waals surface area contributed by atoms with Crippen LogP contribution in [-0.4, -0.2) is 22.1 Å². The highest BCUT2D eigenvalue weighted by Gasteiger charge is 2.20. The summed E-state index contributed by atoms with van der Waals surface area (Å²) >= 11 is 0. The highest BCUT2D eigenvalue weighted by molar-refractivity contribution is 7.89. The van der Waals surface area contributed by atoms with Gasteiger partial charge in [0.1, 0.15) is 0 Å². The van der Waals surface area contributed by atoms with Gasteiger partial charge in [0.2, 0.25) is 10.0 Å². The summed E-state index contributed by atoms with van der Waals surface area (Å²) in [6, 6.07) is 13.1. The Morgan fingerprint density at radius 1 is 1.04 bits per heavy atom. The Morgan fingerprint density at radius 3 is 2.35 bits per heavy atom. The largest absolute Gasteiger partial charge is 0.375 e. The van der Waals surface area contributed by atoms with E-state index in [2.05, 4.69) is 4.72 Å². The summed E-state index contributed by atoms with van der Waals surface area (Å²) in [7, 11) is -1.98. The van der Waals surface area contributed by atoms with Gasteiger partial charge in [0.15, 0.2) is 0 Å². The van der Waals surface area contributed by atoms with Crippen LogP contribution in [0.2, 0.25) is 0 Å². The van der Waals surface area contributed by atoms with Crippen molar-refractivity contribution >= 4 is 10.0 Å². The minimum absolute atomic E-state index is 0.191. The normalized spacial score (nSPS) is 13.0. The van der Waals surface area contributed by atoms with Crippen LogP contribution in [0.3, 0.4) is 0 Å². The van der Waals surface area contributed by atoms with Crippen molar-refractivity contribution in [3.05, 3.63) is 64.7 Å². The van der Waals surface area contributed by atoms with Crippen molar-refractivity contribution in [3.8, 4) is 0 Å². The van der Waals surface area contributed by atoms with E-state index in [-0.39, 0.29) is 12.6 Å². The van der Waals surface area contributed by atoms with E-state index in [0.29, 0.717) is 4.90 Å². The molecule has 2 rings (SSSR count). The molecule has 2 aromatic carbocycles. The summed E-state index contributed by atoms with van der Waals surface area (Å²) in [6.45, 7) is 5.92. The molecule has 0 bridgehead atoms. The monoisotopic (exact) mass is 333 g/mol. The van der Waals surface area contributed by atoms with Crippen molar-refractivity contribution in [1.82, 2.24) is 4.72 Å². The maximum absolute atomic E-state index is 12.5. The van der Waals surface area contributed by atoms with Gasteiger partial charge in [0, 0.05) is 13.7 Å². The Morgan fingerprint density at radius 2 is 1.74 bits per heavy atom. The first kappa shape index (κ1) is 17.7. The number of ether oxygens (including phenoxy) is 1. The Bertz CT molecular complexity index is 785. The summed E-state index contributed by atoms with van der Waals surface area (Å²) in [4.78, 5) is 0.308. The molecular formula is C18H23NO3S. The van der Waals surface area contributed by atoms with Gasteiger partial charge < -0.3 is 4.74 Å². The first-order chi connectivity index (χ1) is 10.8. The van der Waals surface area contributed by atoms with Gasteiger partial charge in [-0.2, -0.15) is 0 Å². The van der Waals surface area contributed by atoms with E-state index < -0.39 is 10.0 Å². The van der Waals surface area contributed by atoms with Crippen molar-refractivity contribution in [2.75, 3.05) is 13.7 Å². The summed E-state index contributed by atoms with van der Waals surface area (Å²) in [5.74, 6) is 0. The van der Waals surface area contributed by atoms with Gasteiger partial charge in [-0.3, -0.25) is 0 Å². The molecule has 0 radical (unpaired) electrons. The second-order valence-corrected chi connectivity index (χ2v) is 7.44. The third-order valence-electron chi connectivity index (χ3n) is 3.90. The molecule has 2 aromatic rings. The lowest BCUT2D eigenvalue weighted by Gasteiger charge is -2.19. The van der Waals surface area contributed by atoms with E-state index in [1.807, 2.05) is 44.2 Å². The van der Waals surface area contributed by atoms with E-state index in [1.54, 1.807) is 26.2 Å². The molecule has 0 unspecified atom stereocenters. The highest BCUT2D eigenvalue weighted by atomic mass is 32.2.